The van der Waals surface area contributed by atoms with Crippen molar-refractivity contribution in [3.8, 4) is 0 Å². The van der Waals surface area contributed by atoms with Crippen LogP contribution in [-0.4, -0.2) is 36.7 Å². The van der Waals surface area contributed by atoms with Crippen LogP contribution in [0.25, 0.3) is 0 Å². The molecule has 1 saturated heterocycles. The fourth-order valence-electron chi connectivity index (χ4n) is 2.92. The van der Waals surface area contributed by atoms with Crippen LogP contribution in [0, 0.1) is 5.92 Å². The van der Waals surface area contributed by atoms with Gasteiger partial charge < -0.3 is 5.32 Å². The van der Waals surface area contributed by atoms with E-state index in [0.717, 1.165) is 5.69 Å². The summed E-state index contributed by atoms with van der Waals surface area (Å²) in [6, 6.07) is 8.42. The lowest BCUT2D eigenvalue weighted by atomic mass is 9.97. The van der Waals surface area contributed by atoms with Crippen LogP contribution in [-0.2, 0) is 14.8 Å². The van der Waals surface area contributed by atoms with Crippen LogP contribution in [0.15, 0.2) is 40.6 Å². The van der Waals surface area contributed by atoms with E-state index in [1.54, 1.807) is 30.3 Å². The Kier molecular flexibility index (Phi) is 5.74. The summed E-state index contributed by atoms with van der Waals surface area (Å²) in [5.74, 6) is 0.0540. The van der Waals surface area contributed by atoms with Gasteiger partial charge in [-0.05, 0) is 30.9 Å². The summed E-state index contributed by atoms with van der Waals surface area (Å²) in [5.41, 5.74) is 0.967. The number of thiazole rings is 1. The zero-order valence-corrected chi connectivity index (χ0v) is 16.5. The molecule has 0 saturated carbocycles. The molecular formula is C18H23N3O3S2. The Morgan fingerprint density at radius 3 is 2.46 bits per heavy atom. The minimum atomic E-state index is -3.48. The van der Waals surface area contributed by atoms with Gasteiger partial charge in [0.1, 0.15) is 0 Å². The molecule has 2 aromatic rings. The highest BCUT2D eigenvalue weighted by molar-refractivity contribution is 7.89. The molecule has 1 aromatic carbocycles. The molecule has 0 unspecified atom stereocenters. The number of carbonyl (C=O) groups excluding carboxylic acids is 1. The third-order valence-corrected chi connectivity index (χ3v) is 7.24. The number of carbonyl (C=O) groups is 1. The number of sulfonamides is 1. The molecule has 1 amide bonds. The van der Waals surface area contributed by atoms with Gasteiger partial charge in [-0.2, -0.15) is 4.31 Å². The molecule has 1 aliphatic rings. The molecule has 1 aromatic heterocycles. The van der Waals surface area contributed by atoms with Gasteiger partial charge in [0.2, 0.25) is 15.9 Å². The number of benzene rings is 1. The van der Waals surface area contributed by atoms with Crippen molar-refractivity contribution in [2.45, 2.75) is 37.5 Å². The lowest BCUT2D eigenvalue weighted by molar-refractivity contribution is -0.120. The van der Waals surface area contributed by atoms with Crippen LogP contribution in [0.1, 0.15) is 38.3 Å². The molecule has 26 heavy (non-hydrogen) atoms. The first-order valence-electron chi connectivity index (χ1n) is 8.69. The topological polar surface area (TPSA) is 79.4 Å². The van der Waals surface area contributed by atoms with Crippen LogP contribution in [0.4, 0.5) is 5.13 Å². The maximum atomic E-state index is 12.6. The predicted octanol–water partition coefficient (Wildman–Crippen LogP) is 3.31. The maximum absolute atomic E-state index is 12.6. The van der Waals surface area contributed by atoms with Crippen molar-refractivity contribution in [2.75, 3.05) is 18.4 Å². The summed E-state index contributed by atoms with van der Waals surface area (Å²) in [5, 5.41) is 5.44. The van der Waals surface area contributed by atoms with Crippen molar-refractivity contribution in [3.05, 3.63) is 41.4 Å². The Morgan fingerprint density at radius 2 is 1.88 bits per heavy atom. The number of anilines is 1. The van der Waals surface area contributed by atoms with Crippen molar-refractivity contribution >= 4 is 32.4 Å². The number of hydrogen-bond donors (Lipinski definition) is 1. The third-order valence-electron chi connectivity index (χ3n) is 4.55. The van der Waals surface area contributed by atoms with E-state index in [-0.39, 0.29) is 11.8 Å². The summed E-state index contributed by atoms with van der Waals surface area (Å²) >= 11 is 1.42. The first-order valence-corrected chi connectivity index (χ1v) is 11.0. The molecule has 0 spiro atoms. The standard InChI is InChI=1S/C18H23N3O3S2/c1-13(2)16-12-25-18(19-16)20-17(22)14-8-10-21(11-9-14)26(23,24)15-6-4-3-5-7-15/h3-7,12-14H,8-11H2,1-2H3,(H,19,20,22). The first kappa shape index (κ1) is 19.0. The number of amides is 1. The van der Waals surface area contributed by atoms with Gasteiger partial charge in [-0.15, -0.1) is 11.3 Å². The minimum absolute atomic E-state index is 0.0774. The molecule has 0 aliphatic carbocycles. The molecule has 0 bridgehead atoms. The van der Waals surface area contributed by atoms with E-state index in [0.29, 0.717) is 41.9 Å². The molecule has 2 heterocycles. The molecule has 1 fully saturated rings. The van der Waals surface area contributed by atoms with Gasteiger partial charge in [-0.1, -0.05) is 32.0 Å². The average molecular weight is 394 g/mol. The number of piperidine rings is 1. The van der Waals surface area contributed by atoms with Crippen LogP contribution in [0.5, 0.6) is 0 Å². The van der Waals surface area contributed by atoms with Gasteiger partial charge in [0.25, 0.3) is 0 Å². The van der Waals surface area contributed by atoms with Crippen LogP contribution < -0.4 is 5.32 Å². The SMILES string of the molecule is CC(C)c1csc(NC(=O)C2CCN(S(=O)(=O)c3ccccc3)CC2)n1. The minimum Gasteiger partial charge on any atom is -0.302 e. The normalized spacial score (nSPS) is 16.7. The Bertz CT molecular complexity index is 855. The van der Waals surface area contributed by atoms with Crippen molar-refractivity contribution in [2.24, 2.45) is 5.92 Å². The van der Waals surface area contributed by atoms with E-state index in [9.17, 15) is 13.2 Å². The van der Waals surface area contributed by atoms with E-state index in [1.807, 2.05) is 5.38 Å². The van der Waals surface area contributed by atoms with Gasteiger partial charge in [0.15, 0.2) is 5.13 Å². The second kappa shape index (κ2) is 7.85. The molecule has 140 valence electrons. The zero-order chi connectivity index (χ0) is 18.7. The molecule has 1 aliphatic heterocycles. The number of hydrogen-bond acceptors (Lipinski definition) is 5. The first-order chi connectivity index (χ1) is 12.4. The molecule has 6 nitrogen and oxygen atoms in total. The van der Waals surface area contributed by atoms with Crippen molar-refractivity contribution in [1.29, 1.82) is 0 Å². The third kappa shape index (κ3) is 4.13. The summed E-state index contributed by atoms with van der Waals surface area (Å²) < 4.78 is 26.7. The molecular weight excluding hydrogens is 370 g/mol. The van der Waals surface area contributed by atoms with E-state index < -0.39 is 10.0 Å². The summed E-state index contributed by atoms with van der Waals surface area (Å²) in [6.07, 6.45) is 1.03. The zero-order valence-electron chi connectivity index (χ0n) is 14.9. The highest BCUT2D eigenvalue weighted by Gasteiger charge is 2.32. The highest BCUT2D eigenvalue weighted by Crippen LogP contribution is 2.26. The van der Waals surface area contributed by atoms with Crippen molar-refractivity contribution in [3.63, 3.8) is 0 Å². The molecule has 3 rings (SSSR count). The summed E-state index contributed by atoms with van der Waals surface area (Å²) in [7, 11) is -3.48. The quantitative estimate of drug-likeness (QED) is 0.845. The fraction of sp³-hybridized carbons (Fsp3) is 0.444. The molecule has 0 radical (unpaired) electrons. The molecule has 1 N–H and O–H groups in total. The smallest absolute Gasteiger partial charge is 0.243 e. The Labute approximate surface area is 158 Å². The molecule has 8 heteroatoms. The second-order valence-electron chi connectivity index (χ2n) is 6.71. The van der Waals surface area contributed by atoms with Gasteiger partial charge in [0.05, 0.1) is 10.6 Å². The largest absolute Gasteiger partial charge is 0.302 e. The number of nitrogens with zero attached hydrogens (tertiary/aromatic N) is 2. The lowest BCUT2D eigenvalue weighted by Gasteiger charge is -2.30. The van der Waals surface area contributed by atoms with Gasteiger partial charge in [-0.3, -0.25) is 4.79 Å². The number of rotatable bonds is 5. The fourth-order valence-corrected chi connectivity index (χ4v) is 5.28. The van der Waals surface area contributed by atoms with Crippen LogP contribution in [0.3, 0.4) is 0 Å². The van der Waals surface area contributed by atoms with E-state index in [4.69, 9.17) is 0 Å². The predicted molar refractivity (Wildman–Crippen MR) is 103 cm³/mol. The van der Waals surface area contributed by atoms with Gasteiger partial charge >= 0.3 is 0 Å². The lowest BCUT2D eigenvalue weighted by Crippen LogP contribution is -2.41. The number of aromatic nitrogens is 1. The summed E-state index contributed by atoms with van der Waals surface area (Å²) in [6.45, 7) is 4.82. The monoisotopic (exact) mass is 393 g/mol. The summed E-state index contributed by atoms with van der Waals surface area (Å²) in [4.78, 5) is 17.2. The van der Waals surface area contributed by atoms with Crippen LogP contribution >= 0.6 is 11.3 Å². The van der Waals surface area contributed by atoms with E-state index >= 15 is 0 Å². The number of nitrogens with one attached hydrogen (secondary N) is 1. The Morgan fingerprint density at radius 1 is 1.23 bits per heavy atom. The Hall–Kier alpha value is -1.77. The molecule has 0 atom stereocenters. The van der Waals surface area contributed by atoms with Crippen LogP contribution in [0.2, 0.25) is 0 Å². The van der Waals surface area contributed by atoms with Gasteiger partial charge in [-0.25, -0.2) is 13.4 Å². The van der Waals surface area contributed by atoms with Gasteiger partial charge in [0, 0.05) is 24.4 Å². The average Bonchev–Trinajstić information content (AvgIpc) is 3.11. The van der Waals surface area contributed by atoms with Crippen molar-refractivity contribution in [1.82, 2.24) is 9.29 Å². The second-order valence-corrected chi connectivity index (χ2v) is 9.51. The van der Waals surface area contributed by atoms with E-state index in [1.165, 1.54) is 15.6 Å². The Balaban J connectivity index is 1.58. The van der Waals surface area contributed by atoms with E-state index in [2.05, 4.69) is 24.1 Å². The maximum Gasteiger partial charge on any atom is 0.243 e. The van der Waals surface area contributed by atoms with Crippen molar-refractivity contribution < 1.29 is 13.2 Å². The highest BCUT2D eigenvalue weighted by atomic mass is 32.2.